The van der Waals surface area contributed by atoms with Crippen LogP contribution in [0.25, 0.3) is 5.57 Å². The first-order valence-electron chi connectivity index (χ1n) is 16.8. The Balaban J connectivity index is 1.35. The van der Waals surface area contributed by atoms with Crippen LogP contribution in [0, 0.1) is 51.2 Å². The lowest BCUT2D eigenvalue weighted by atomic mass is 9.33. The molecule has 9 atom stereocenters. The zero-order chi connectivity index (χ0) is 31.2. The molecule has 4 fully saturated rings. The van der Waals surface area contributed by atoms with Crippen molar-refractivity contribution in [1.82, 2.24) is 5.32 Å². The predicted molar refractivity (Wildman–Crippen MR) is 173 cm³/mol. The normalized spacial score (nSPS) is 42.8. The molecule has 5 heteroatoms. The van der Waals surface area contributed by atoms with Crippen molar-refractivity contribution in [3.8, 4) is 0 Å². The number of benzene rings is 1. The van der Waals surface area contributed by atoms with E-state index in [4.69, 9.17) is 10.5 Å². The van der Waals surface area contributed by atoms with E-state index < -0.39 is 0 Å². The maximum atomic E-state index is 12.3. The molecule has 0 radical (unpaired) electrons. The molecule has 0 heterocycles. The number of ether oxygens (including phenoxy) is 1. The molecule has 5 aliphatic carbocycles. The Labute approximate surface area is 259 Å². The third-order valence-electron chi connectivity index (χ3n) is 14.6. The molecule has 2 amide bonds. The number of esters is 1. The second-order valence-corrected chi connectivity index (χ2v) is 16.4. The van der Waals surface area contributed by atoms with Gasteiger partial charge in [0.25, 0.3) is 0 Å². The van der Waals surface area contributed by atoms with Crippen LogP contribution in [0.4, 0.5) is 4.79 Å². The Morgan fingerprint density at radius 2 is 1.60 bits per heavy atom. The first-order valence-corrected chi connectivity index (χ1v) is 16.8. The maximum Gasteiger partial charge on any atom is 0.337 e. The van der Waals surface area contributed by atoms with Crippen molar-refractivity contribution in [2.24, 2.45) is 57.0 Å². The summed E-state index contributed by atoms with van der Waals surface area (Å²) in [5, 5.41) is 3.34. The minimum atomic E-state index is -0.365. The van der Waals surface area contributed by atoms with Gasteiger partial charge in [-0.1, -0.05) is 65.0 Å². The number of nitrogens with one attached hydrogen (secondary N) is 1. The highest BCUT2D eigenvalue weighted by Crippen LogP contribution is 2.76. The predicted octanol–water partition coefficient (Wildman–Crippen LogP) is 8.54. The van der Waals surface area contributed by atoms with Crippen molar-refractivity contribution >= 4 is 17.6 Å². The average molecular weight is 587 g/mol. The summed E-state index contributed by atoms with van der Waals surface area (Å²) in [6.07, 6.45) is 12.9. The van der Waals surface area contributed by atoms with E-state index in [0.717, 1.165) is 32.1 Å². The molecule has 0 aromatic heterocycles. The number of fused-ring (bicyclic) bond motifs is 7. The van der Waals surface area contributed by atoms with Gasteiger partial charge in [0.2, 0.25) is 0 Å². The number of primary amides is 1. The van der Waals surface area contributed by atoms with Crippen molar-refractivity contribution in [3.63, 3.8) is 0 Å². The van der Waals surface area contributed by atoms with Crippen LogP contribution in [0.2, 0.25) is 0 Å². The number of amides is 2. The van der Waals surface area contributed by atoms with E-state index in [1.165, 1.54) is 49.5 Å². The number of rotatable bonds is 4. The molecule has 5 nitrogen and oxygen atoms in total. The summed E-state index contributed by atoms with van der Waals surface area (Å²) < 4.78 is 4.93. The van der Waals surface area contributed by atoms with E-state index in [2.05, 4.69) is 71.6 Å². The fourth-order valence-electron chi connectivity index (χ4n) is 12.6. The second-order valence-electron chi connectivity index (χ2n) is 16.4. The molecule has 0 spiro atoms. The van der Waals surface area contributed by atoms with Crippen LogP contribution in [0.1, 0.15) is 115 Å². The molecule has 234 valence electrons. The molecule has 0 saturated heterocycles. The van der Waals surface area contributed by atoms with Crippen LogP contribution in [-0.4, -0.2) is 24.6 Å². The van der Waals surface area contributed by atoms with Crippen molar-refractivity contribution in [1.29, 1.82) is 0 Å². The summed E-state index contributed by atoms with van der Waals surface area (Å²) in [5.41, 5.74) is 10.9. The largest absolute Gasteiger partial charge is 0.465 e. The first-order chi connectivity index (χ1) is 20.1. The van der Waals surface area contributed by atoms with Crippen LogP contribution in [0.15, 0.2) is 42.5 Å². The molecule has 0 bridgehead atoms. The van der Waals surface area contributed by atoms with E-state index in [-0.39, 0.29) is 39.2 Å². The molecule has 1 aromatic rings. The first kappa shape index (κ1) is 30.5. The van der Waals surface area contributed by atoms with Crippen molar-refractivity contribution in [2.45, 2.75) is 105 Å². The summed E-state index contributed by atoms with van der Waals surface area (Å²) in [7, 11) is 1.43. The molecule has 0 aliphatic heterocycles. The topological polar surface area (TPSA) is 81.4 Å². The van der Waals surface area contributed by atoms with Crippen molar-refractivity contribution in [2.75, 3.05) is 7.11 Å². The lowest BCUT2D eigenvalue weighted by molar-refractivity contribution is -0.218. The lowest BCUT2D eigenvalue weighted by Crippen LogP contribution is -2.68. The Morgan fingerprint density at radius 3 is 2.23 bits per heavy atom. The number of allylic oxidation sites excluding steroid dienone is 3. The van der Waals surface area contributed by atoms with E-state index in [1.54, 1.807) is 0 Å². The maximum absolute atomic E-state index is 12.3. The molecule has 5 aliphatic rings. The van der Waals surface area contributed by atoms with Crippen LogP contribution >= 0.6 is 0 Å². The molecule has 1 aromatic carbocycles. The average Bonchev–Trinajstić information content (AvgIpc) is 3.32. The van der Waals surface area contributed by atoms with Crippen LogP contribution in [-0.2, 0) is 4.74 Å². The Morgan fingerprint density at radius 1 is 0.907 bits per heavy atom. The van der Waals surface area contributed by atoms with Gasteiger partial charge in [0.1, 0.15) is 0 Å². The zero-order valence-electron chi connectivity index (χ0n) is 27.6. The molecule has 6 rings (SSSR count). The number of urea groups is 1. The minimum Gasteiger partial charge on any atom is -0.465 e. The van der Waals surface area contributed by atoms with Gasteiger partial charge in [-0.25, -0.2) is 9.59 Å². The van der Waals surface area contributed by atoms with Crippen molar-refractivity contribution < 1.29 is 14.3 Å². The van der Waals surface area contributed by atoms with Crippen LogP contribution in [0.5, 0.6) is 0 Å². The van der Waals surface area contributed by atoms with Gasteiger partial charge in [-0.05, 0) is 139 Å². The SMILES string of the molecule is C=C(C)[C@@H]1CC[C@]2(NC(N)=O)CC[C@]3(C)[C@H](CC[C@@H]4[C@@]5(C)CC=C(c6ccc(C(=O)OC)cc6)C(C)(C)[C@@H]5CC[C@]43C)[C@@H]12. The second kappa shape index (κ2) is 9.97. The van der Waals surface area contributed by atoms with Gasteiger partial charge in [-0.3, -0.25) is 0 Å². The van der Waals surface area contributed by atoms with Gasteiger partial charge in [-0.2, -0.15) is 0 Å². The van der Waals surface area contributed by atoms with Crippen LogP contribution in [0.3, 0.4) is 0 Å². The Hall–Kier alpha value is -2.56. The molecular weight excluding hydrogens is 532 g/mol. The summed E-state index contributed by atoms with van der Waals surface area (Å²) in [4.78, 5) is 24.4. The fraction of sp³-hybridized carbons (Fsp3) is 0.684. The van der Waals surface area contributed by atoms with Gasteiger partial charge in [-0.15, -0.1) is 0 Å². The number of hydrogen-bond acceptors (Lipinski definition) is 3. The summed E-state index contributed by atoms with van der Waals surface area (Å²) in [6.45, 7) is 19.5. The summed E-state index contributed by atoms with van der Waals surface area (Å²) in [5.74, 6) is 2.39. The highest BCUT2D eigenvalue weighted by molar-refractivity contribution is 5.90. The van der Waals surface area contributed by atoms with Crippen LogP contribution < -0.4 is 11.1 Å². The highest BCUT2D eigenvalue weighted by atomic mass is 16.5. The Kier molecular flexibility index (Phi) is 7.07. The van der Waals surface area contributed by atoms with E-state index in [0.29, 0.717) is 35.2 Å². The third kappa shape index (κ3) is 4.15. The zero-order valence-corrected chi connectivity index (χ0v) is 27.6. The number of carbonyl (C=O) groups excluding carboxylic acids is 2. The Bertz CT molecular complexity index is 1360. The molecule has 0 unspecified atom stereocenters. The number of carbonyl (C=O) groups is 2. The number of nitrogens with two attached hydrogens (primary N) is 1. The van der Waals surface area contributed by atoms with Gasteiger partial charge in [0.05, 0.1) is 12.7 Å². The quantitative estimate of drug-likeness (QED) is 0.274. The third-order valence-corrected chi connectivity index (χ3v) is 14.6. The molecular formula is C38H54N2O3. The van der Waals surface area contributed by atoms with Gasteiger partial charge in [0.15, 0.2) is 0 Å². The van der Waals surface area contributed by atoms with E-state index in [9.17, 15) is 9.59 Å². The molecule has 4 saturated carbocycles. The van der Waals surface area contributed by atoms with E-state index >= 15 is 0 Å². The summed E-state index contributed by atoms with van der Waals surface area (Å²) >= 11 is 0. The highest BCUT2D eigenvalue weighted by Gasteiger charge is 2.70. The monoisotopic (exact) mass is 586 g/mol. The number of methoxy groups -OCH3 is 1. The standard InChI is InChI=1S/C38H54N2O3/c1-23(2)26-15-20-38(40-33(39)42)22-21-36(6)28(31(26)38)13-14-30-35(5)18-16-27(24-9-11-25(12-10-24)32(41)43-8)34(3,4)29(35)17-19-37(30,36)7/h9-12,16,26,28-31H,1,13-15,17-22H2,2-8H3,(H3,39,40,42)/t26-,28+,29-,30+,31+,35-,36+,37+,38-/m0/s1. The fourth-order valence-corrected chi connectivity index (χ4v) is 12.6. The van der Waals surface area contributed by atoms with E-state index in [1.807, 2.05) is 12.1 Å². The molecule has 43 heavy (non-hydrogen) atoms. The minimum absolute atomic E-state index is 0.0302. The van der Waals surface area contributed by atoms with Crippen molar-refractivity contribution in [3.05, 3.63) is 53.6 Å². The van der Waals surface area contributed by atoms with Gasteiger partial charge in [0, 0.05) is 5.54 Å². The van der Waals surface area contributed by atoms with Gasteiger partial charge < -0.3 is 15.8 Å². The molecule has 3 N–H and O–H groups in total. The lowest BCUT2D eigenvalue weighted by Gasteiger charge is -2.72. The number of hydrogen-bond donors (Lipinski definition) is 2. The smallest absolute Gasteiger partial charge is 0.337 e. The summed E-state index contributed by atoms with van der Waals surface area (Å²) in [6, 6.07) is 7.66. The van der Waals surface area contributed by atoms with Gasteiger partial charge >= 0.3 is 12.0 Å².